The Balaban J connectivity index is 1.69. The molecule has 2 aromatic carbocycles. The molecule has 0 radical (unpaired) electrons. The second-order valence-electron chi connectivity index (χ2n) is 4.24. The van der Waals surface area contributed by atoms with Crippen LogP contribution >= 0.6 is 11.8 Å². The maximum atomic E-state index is 10.9. The lowest BCUT2D eigenvalue weighted by atomic mass is 10.2. The molecule has 0 fully saturated rings. The predicted molar refractivity (Wildman–Crippen MR) is 78.6 cm³/mol. The van der Waals surface area contributed by atoms with E-state index in [0.717, 1.165) is 11.3 Å². The van der Waals surface area contributed by atoms with Gasteiger partial charge in [-0.15, -0.1) is 11.8 Å². The van der Waals surface area contributed by atoms with Gasteiger partial charge >= 0.3 is 5.76 Å². The van der Waals surface area contributed by atoms with Crippen LogP contribution in [0.1, 0.15) is 5.56 Å². The molecule has 20 heavy (non-hydrogen) atoms. The molecule has 0 atom stereocenters. The number of aromatic amines is 1. The number of H-pyrrole nitrogens is 1. The lowest BCUT2D eigenvalue weighted by Gasteiger charge is -2.02. The lowest BCUT2D eigenvalue weighted by molar-refractivity contribution is 0.388. The van der Waals surface area contributed by atoms with Gasteiger partial charge in [0.05, 0.1) is 0 Å². The summed E-state index contributed by atoms with van der Waals surface area (Å²) in [7, 11) is 0. The molecule has 100 valence electrons. The largest absolute Gasteiger partial charge is 0.439 e. The van der Waals surface area contributed by atoms with Gasteiger partial charge in [0.25, 0.3) is 0 Å². The van der Waals surface area contributed by atoms with E-state index < -0.39 is 5.76 Å². The van der Waals surface area contributed by atoms with Crippen molar-refractivity contribution in [2.75, 3.05) is 0 Å². The Kier molecular flexibility index (Phi) is 3.69. The van der Waals surface area contributed by atoms with Crippen molar-refractivity contribution in [1.82, 2.24) is 10.1 Å². The normalized spacial score (nSPS) is 10.6. The molecule has 1 aromatic heterocycles. The predicted octanol–water partition coefficient (Wildman–Crippen LogP) is 3.32. The number of rotatable bonds is 4. The molecular formula is C15H12N2O2S. The van der Waals surface area contributed by atoms with Crippen molar-refractivity contribution < 1.29 is 4.52 Å². The minimum absolute atomic E-state index is 0.453. The van der Waals surface area contributed by atoms with Gasteiger partial charge in [-0.2, -0.15) is 0 Å². The zero-order valence-electron chi connectivity index (χ0n) is 10.6. The van der Waals surface area contributed by atoms with E-state index in [4.69, 9.17) is 0 Å². The number of nitrogens with one attached hydrogen (secondary N) is 1. The molecule has 4 nitrogen and oxygen atoms in total. The summed E-state index contributed by atoms with van der Waals surface area (Å²) in [5.74, 6) is 0.846. The second kappa shape index (κ2) is 5.79. The van der Waals surface area contributed by atoms with Crippen LogP contribution in [0.15, 0.2) is 68.8 Å². The summed E-state index contributed by atoms with van der Waals surface area (Å²) in [4.78, 5) is 14.6. The lowest BCUT2D eigenvalue weighted by Crippen LogP contribution is -1.94. The van der Waals surface area contributed by atoms with Gasteiger partial charge in [-0.25, -0.2) is 4.79 Å². The van der Waals surface area contributed by atoms with Gasteiger partial charge in [-0.05, 0) is 17.7 Å². The topological polar surface area (TPSA) is 58.9 Å². The van der Waals surface area contributed by atoms with E-state index in [1.54, 1.807) is 11.8 Å². The van der Waals surface area contributed by atoms with Crippen LogP contribution in [0.3, 0.4) is 0 Å². The van der Waals surface area contributed by atoms with Gasteiger partial charge < -0.3 is 0 Å². The van der Waals surface area contributed by atoms with Crippen molar-refractivity contribution in [3.05, 3.63) is 70.7 Å². The third kappa shape index (κ3) is 3.00. The van der Waals surface area contributed by atoms with Gasteiger partial charge in [-0.3, -0.25) is 9.51 Å². The van der Waals surface area contributed by atoms with E-state index in [0.29, 0.717) is 5.82 Å². The van der Waals surface area contributed by atoms with Crippen molar-refractivity contribution in [1.29, 1.82) is 0 Å². The molecule has 0 spiro atoms. The highest BCUT2D eigenvalue weighted by molar-refractivity contribution is 7.98. The molecule has 0 aliphatic rings. The zero-order chi connectivity index (χ0) is 13.8. The average molecular weight is 284 g/mol. The summed E-state index contributed by atoms with van der Waals surface area (Å²) in [6.45, 7) is 0. The molecule has 5 heteroatoms. The minimum atomic E-state index is -0.539. The van der Waals surface area contributed by atoms with Crippen molar-refractivity contribution in [2.45, 2.75) is 10.6 Å². The molecular weight excluding hydrogens is 272 g/mol. The number of nitrogens with zero attached hydrogens (tertiary/aromatic N) is 1. The SMILES string of the molecule is O=c1[nH]c(-c2ccc(SCc3ccccc3)cc2)no1. The first-order valence-electron chi connectivity index (χ1n) is 6.14. The van der Waals surface area contributed by atoms with E-state index in [9.17, 15) is 4.79 Å². The average Bonchev–Trinajstić information content (AvgIpc) is 2.93. The highest BCUT2D eigenvalue weighted by Gasteiger charge is 2.04. The van der Waals surface area contributed by atoms with E-state index in [1.807, 2.05) is 42.5 Å². The third-order valence-corrected chi connectivity index (χ3v) is 3.90. The Labute approximate surface area is 119 Å². The number of aromatic nitrogens is 2. The number of benzene rings is 2. The summed E-state index contributed by atoms with van der Waals surface area (Å²) in [6.07, 6.45) is 0. The van der Waals surface area contributed by atoms with Crippen LogP contribution in [0, 0.1) is 0 Å². The molecule has 1 N–H and O–H groups in total. The highest BCUT2D eigenvalue weighted by Crippen LogP contribution is 2.24. The summed E-state index contributed by atoms with van der Waals surface area (Å²) in [5, 5.41) is 3.66. The van der Waals surface area contributed by atoms with Crippen LogP contribution < -0.4 is 5.76 Å². The molecule has 0 saturated carbocycles. The molecule has 0 unspecified atom stereocenters. The Morgan fingerprint density at radius 2 is 1.80 bits per heavy atom. The fraction of sp³-hybridized carbons (Fsp3) is 0.0667. The van der Waals surface area contributed by atoms with Gasteiger partial charge in [-0.1, -0.05) is 47.6 Å². The summed E-state index contributed by atoms with van der Waals surface area (Å²) in [6, 6.07) is 18.2. The smallest absolute Gasteiger partial charge is 0.296 e. The van der Waals surface area contributed by atoms with E-state index >= 15 is 0 Å². The quantitative estimate of drug-likeness (QED) is 0.747. The molecule has 0 aliphatic heterocycles. The van der Waals surface area contributed by atoms with Crippen LogP contribution in [-0.4, -0.2) is 10.1 Å². The van der Waals surface area contributed by atoms with Crippen molar-refractivity contribution in [3.8, 4) is 11.4 Å². The first-order valence-corrected chi connectivity index (χ1v) is 7.13. The Bertz CT molecular complexity index is 732. The Morgan fingerprint density at radius 3 is 2.45 bits per heavy atom. The van der Waals surface area contributed by atoms with E-state index in [-0.39, 0.29) is 0 Å². The third-order valence-electron chi connectivity index (χ3n) is 2.82. The Morgan fingerprint density at radius 1 is 1.05 bits per heavy atom. The molecule has 1 heterocycles. The number of thioether (sulfide) groups is 1. The van der Waals surface area contributed by atoms with Gasteiger partial charge in [0, 0.05) is 16.2 Å². The van der Waals surface area contributed by atoms with Crippen LogP contribution in [0.4, 0.5) is 0 Å². The van der Waals surface area contributed by atoms with Crippen molar-refractivity contribution >= 4 is 11.8 Å². The van der Waals surface area contributed by atoms with Gasteiger partial charge in [0.1, 0.15) is 0 Å². The van der Waals surface area contributed by atoms with Crippen LogP contribution in [0.5, 0.6) is 0 Å². The fourth-order valence-corrected chi connectivity index (χ4v) is 2.66. The first-order chi connectivity index (χ1) is 9.81. The first kappa shape index (κ1) is 12.7. The molecule has 3 aromatic rings. The minimum Gasteiger partial charge on any atom is -0.296 e. The van der Waals surface area contributed by atoms with Crippen molar-refractivity contribution in [3.63, 3.8) is 0 Å². The van der Waals surface area contributed by atoms with Gasteiger partial charge in [0.2, 0.25) is 0 Å². The summed E-state index contributed by atoms with van der Waals surface area (Å²) < 4.78 is 4.49. The van der Waals surface area contributed by atoms with E-state index in [1.165, 1.54) is 10.5 Å². The molecule has 3 rings (SSSR count). The molecule has 0 bridgehead atoms. The molecule has 0 aliphatic carbocycles. The second-order valence-corrected chi connectivity index (χ2v) is 5.29. The van der Waals surface area contributed by atoms with Crippen LogP contribution in [-0.2, 0) is 5.75 Å². The highest BCUT2D eigenvalue weighted by atomic mass is 32.2. The number of hydrogen-bond acceptors (Lipinski definition) is 4. The van der Waals surface area contributed by atoms with Crippen LogP contribution in [0.25, 0.3) is 11.4 Å². The van der Waals surface area contributed by atoms with E-state index in [2.05, 4.69) is 26.8 Å². The molecule has 0 saturated heterocycles. The van der Waals surface area contributed by atoms with Crippen LogP contribution in [0.2, 0.25) is 0 Å². The zero-order valence-corrected chi connectivity index (χ0v) is 11.4. The maximum Gasteiger partial charge on any atom is 0.439 e. The van der Waals surface area contributed by atoms with Gasteiger partial charge in [0.15, 0.2) is 5.82 Å². The monoisotopic (exact) mass is 284 g/mol. The standard InChI is InChI=1S/C15H12N2O2S/c18-15-16-14(17-19-15)12-6-8-13(9-7-12)20-10-11-4-2-1-3-5-11/h1-9H,10H2,(H,16,17,18). The Hall–Kier alpha value is -2.27. The number of hydrogen-bond donors (Lipinski definition) is 1. The fourth-order valence-electron chi connectivity index (χ4n) is 1.80. The van der Waals surface area contributed by atoms with Crippen molar-refractivity contribution in [2.24, 2.45) is 0 Å². The maximum absolute atomic E-state index is 10.9. The summed E-state index contributed by atoms with van der Waals surface area (Å²) in [5.41, 5.74) is 2.13. The summed E-state index contributed by atoms with van der Waals surface area (Å²) >= 11 is 1.77. The molecule has 0 amide bonds.